The number of halogens is 3. The molecule has 0 aliphatic heterocycles. The Morgan fingerprint density at radius 1 is 1.00 bits per heavy atom. The smallest absolute Gasteiger partial charge is 0.0599 e. The lowest BCUT2D eigenvalue weighted by Gasteiger charge is -2.31. The van der Waals surface area contributed by atoms with Crippen molar-refractivity contribution in [3.05, 3.63) is 0 Å². The molecule has 0 aromatic heterocycles. The van der Waals surface area contributed by atoms with Gasteiger partial charge < -0.3 is 9.47 Å². The molecule has 0 atom stereocenters. The van der Waals surface area contributed by atoms with Crippen LogP contribution in [0.4, 0.5) is 0 Å². The lowest BCUT2D eigenvalue weighted by Crippen LogP contribution is -2.27. The van der Waals surface area contributed by atoms with E-state index in [-0.39, 0.29) is 0 Å². The normalized spacial score (nSPS) is 13.7. The molecule has 0 radical (unpaired) electrons. The number of ether oxygens (including phenoxy) is 2. The van der Waals surface area contributed by atoms with Gasteiger partial charge >= 0.3 is 0 Å². The van der Waals surface area contributed by atoms with E-state index in [2.05, 4.69) is 0 Å². The maximum Gasteiger partial charge on any atom is 0.0599 e. The molecule has 7 heteroatoms. The predicted octanol–water partition coefficient (Wildman–Crippen LogP) is 2.76. The fourth-order valence-electron chi connectivity index (χ4n) is 0.705. The molecule has 0 aliphatic rings. The second-order valence-corrected chi connectivity index (χ2v) is 9.02. The Balaban J connectivity index is 3.88. The summed E-state index contributed by atoms with van der Waals surface area (Å²) in [5.41, 5.74) is 0. The molecule has 0 aromatic rings. The van der Waals surface area contributed by atoms with Crippen molar-refractivity contribution in [2.24, 2.45) is 0 Å². The quantitative estimate of drug-likeness (QED) is 0.710. The molecule has 0 N–H and O–H groups in total. The van der Waals surface area contributed by atoms with Crippen molar-refractivity contribution in [3.8, 4) is 0 Å². The average Bonchev–Trinajstić information content (AvgIpc) is 2.02. The van der Waals surface area contributed by atoms with Crippen LogP contribution in [0.25, 0.3) is 0 Å². The fourth-order valence-corrected chi connectivity index (χ4v) is 2.51. The van der Waals surface area contributed by atoms with Crippen LogP contribution in [0.1, 0.15) is 0 Å². The van der Waals surface area contributed by atoms with E-state index >= 15 is 0 Å². The van der Waals surface area contributed by atoms with Crippen molar-refractivity contribution in [1.82, 2.24) is 4.31 Å². The van der Waals surface area contributed by atoms with E-state index < -0.39 is 7.85 Å². The maximum absolute atomic E-state index is 5.80. The zero-order valence-corrected chi connectivity index (χ0v) is 10.7. The van der Waals surface area contributed by atoms with Crippen molar-refractivity contribution in [2.75, 3.05) is 40.5 Å². The molecule has 0 rings (SSSR count). The van der Waals surface area contributed by atoms with Crippen LogP contribution >= 0.6 is 39.9 Å². The van der Waals surface area contributed by atoms with E-state index in [9.17, 15) is 0 Å². The minimum atomic E-state index is -2.22. The van der Waals surface area contributed by atoms with Crippen LogP contribution in [0.15, 0.2) is 0 Å². The van der Waals surface area contributed by atoms with Gasteiger partial charge in [0.15, 0.2) is 0 Å². The summed E-state index contributed by atoms with van der Waals surface area (Å²) >= 11 is 0. The summed E-state index contributed by atoms with van der Waals surface area (Å²) in [6, 6.07) is 0. The van der Waals surface area contributed by atoms with Crippen molar-refractivity contribution in [2.45, 2.75) is 0 Å². The van der Waals surface area contributed by atoms with Crippen LogP contribution in [-0.4, -0.2) is 44.8 Å². The lowest BCUT2D eigenvalue weighted by molar-refractivity contribution is 0.155. The van der Waals surface area contributed by atoms with Gasteiger partial charge in [-0.25, -0.2) is 4.31 Å². The summed E-state index contributed by atoms with van der Waals surface area (Å²) in [5, 5.41) is 0. The molecule has 13 heavy (non-hydrogen) atoms. The third kappa shape index (κ3) is 7.08. The number of hydrogen-bond donors (Lipinski definition) is 0. The van der Waals surface area contributed by atoms with Crippen LogP contribution in [0.2, 0.25) is 0 Å². The zero-order valence-electron chi connectivity index (χ0n) is 7.63. The van der Waals surface area contributed by atoms with Crippen LogP contribution in [0, 0.1) is 0 Å². The molecule has 0 spiro atoms. The van der Waals surface area contributed by atoms with Crippen LogP contribution in [0.3, 0.4) is 0 Å². The molecule has 82 valence electrons. The van der Waals surface area contributed by atoms with Gasteiger partial charge in [0.1, 0.15) is 0 Å². The second-order valence-electron chi connectivity index (χ2n) is 2.30. The first-order valence-electron chi connectivity index (χ1n) is 3.67. The van der Waals surface area contributed by atoms with E-state index in [1.165, 1.54) is 0 Å². The molecule has 0 aliphatic carbocycles. The van der Waals surface area contributed by atoms with Gasteiger partial charge in [-0.05, 0) is 32.0 Å². The molecule has 3 nitrogen and oxygen atoms in total. The minimum absolute atomic E-state index is 0.546. The molecular formula is C6H14Cl3NO2S. The Labute approximate surface area is 94.2 Å². The highest BCUT2D eigenvalue weighted by atomic mass is 36.2. The van der Waals surface area contributed by atoms with Crippen LogP contribution in [0.5, 0.6) is 0 Å². The highest BCUT2D eigenvalue weighted by Gasteiger charge is 2.23. The van der Waals surface area contributed by atoms with Crippen molar-refractivity contribution in [3.63, 3.8) is 0 Å². The van der Waals surface area contributed by atoms with E-state index in [0.29, 0.717) is 26.3 Å². The van der Waals surface area contributed by atoms with E-state index in [1.54, 1.807) is 18.5 Å². The maximum atomic E-state index is 5.80. The van der Waals surface area contributed by atoms with Gasteiger partial charge in [0.05, 0.1) is 21.1 Å². The molecule has 0 amide bonds. The summed E-state index contributed by atoms with van der Waals surface area (Å²) < 4.78 is 11.5. The van der Waals surface area contributed by atoms with Gasteiger partial charge in [-0.15, -0.1) is 0 Å². The van der Waals surface area contributed by atoms with Crippen LogP contribution in [-0.2, 0) is 9.47 Å². The standard InChI is InChI=1S/C6H14Cl3NO2S/c1-11-5-3-10(4-6-12-2)13(7,8)9/h3-6H2,1-2H3. The van der Waals surface area contributed by atoms with Gasteiger partial charge in [-0.3, -0.25) is 0 Å². The largest absolute Gasteiger partial charge is 0.383 e. The summed E-state index contributed by atoms with van der Waals surface area (Å²) in [6.07, 6.45) is 0. The average molecular weight is 271 g/mol. The first kappa shape index (κ1) is 14.1. The minimum Gasteiger partial charge on any atom is -0.383 e. The summed E-state index contributed by atoms with van der Waals surface area (Å²) in [7, 11) is 18.4. The third-order valence-electron chi connectivity index (χ3n) is 1.38. The lowest BCUT2D eigenvalue weighted by atomic mass is 10.6. The monoisotopic (exact) mass is 269 g/mol. The molecule has 0 saturated heterocycles. The topological polar surface area (TPSA) is 21.7 Å². The van der Waals surface area contributed by atoms with Crippen molar-refractivity contribution < 1.29 is 9.47 Å². The Bertz CT molecular complexity index is 126. The molecule has 0 aromatic carbocycles. The highest BCUT2D eigenvalue weighted by Crippen LogP contribution is 2.65. The van der Waals surface area contributed by atoms with Gasteiger partial charge in [0, 0.05) is 27.3 Å². The van der Waals surface area contributed by atoms with E-state index in [4.69, 9.17) is 41.5 Å². The molecule has 0 fully saturated rings. The van der Waals surface area contributed by atoms with Gasteiger partial charge in [-0.1, -0.05) is 0 Å². The summed E-state index contributed by atoms with van der Waals surface area (Å²) in [5.74, 6) is 0. The number of hydrogen-bond acceptors (Lipinski definition) is 3. The first-order valence-corrected chi connectivity index (χ1v) is 7.74. The molecule has 0 bridgehead atoms. The zero-order chi connectivity index (χ0) is 10.3. The number of rotatable bonds is 7. The SMILES string of the molecule is COCCN(CCOC)S(Cl)(Cl)Cl. The first-order chi connectivity index (χ1) is 6.02. The molecular weight excluding hydrogens is 256 g/mol. The second kappa shape index (κ2) is 7.40. The van der Waals surface area contributed by atoms with Gasteiger partial charge in [0.25, 0.3) is 0 Å². The van der Waals surface area contributed by atoms with E-state index in [1.807, 2.05) is 0 Å². The Kier molecular flexibility index (Phi) is 8.03. The Morgan fingerprint density at radius 2 is 1.38 bits per heavy atom. The predicted molar refractivity (Wildman–Crippen MR) is 60.5 cm³/mol. The van der Waals surface area contributed by atoms with Crippen molar-refractivity contribution >= 4 is 39.9 Å². The van der Waals surface area contributed by atoms with Gasteiger partial charge in [-0.2, -0.15) is 0 Å². The number of nitrogens with zero attached hydrogens (tertiary/aromatic N) is 1. The molecule has 0 unspecified atom stereocenters. The van der Waals surface area contributed by atoms with E-state index in [0.717, 1.165) is 0 Å². The third-order valence-corrected chi connectivity index (χ3v) is 4.09. The van der Waals surface area contributed by atoms with Crippen molar-refractivity contribution in [1.29, 1.82) is 0 Å². The van der Waals surface area contributed by atoms with Crippen LogP contribution < -0.4 is 0 Å². The summed E-state index contributed by atoms with van der Waals surface area (Å²) in [4.78, 5) is 0. The van der Waals surface area contributed by atoms with Gasteiger partial charge in [0.2, 0.25) is 0 Å². The molecule has 0 heterocycles. The number of methoxy groups -OCH3 is 2. The molecule has 0 saturated carbocycles. The highest BCUT2D eigenvalue weighted by molar-refractivity contribution is 8.77. The summed E-state index contributed by atoms with van der Waals surface area (Å²) in [6.45, 7) is 2.30. The Hall–Kier alpha value is 1.10. The Morgan fingerprint density at radius 3 is 1.62 bits per heavy atom. The fraction of sp³-hybridized carbons (Fsp3) is 1.00.